The van der Waals surface area contributed by atoms with Crippen LogP contribution in [0.4, 0.5) is 0 Å². The summed E-state index contributed by atoms with van der Waals surface area (Å²) in [5.41, 5.74) is 0. The molecule has 0 saturated carbocycles. The van der Waals surface area contributed by atoms with Gasteiger partial charge in [0.1, 0.15) is 0 Å². The number of hydrogen-bond acceptors (Lipinski definition) is 14. The molecule has 50 heavy (non-hydrogen) atoms. The fraction of sp³-hybridized carbons (Fsp3) is 0.833. The van der Waals surface area contributed by atoms with E-state index in [9.17, 15) is 39.3 Å². The first-order valence-corrected chi connectivity index (χ1v) is 17.7. The summed E-state index contributed by atoms with van der Waals surface area (Å²) in [6.45, 7) is 6.61. The van der Waals surface area contributed by atoms with Gasteiger partial charge in [-0.3, -0.25) is 43.6 Å². The average molecular weight is 788 g/mol. The Bertz CT molecular complexity index is 938. The molecule has 0 aliphatic carbocycles. The highest BCUT2D eigenvalue weighted by Crippen LogP contribution is 2.01. The molecule has 1 saturated heterocycles. The number of hydrogen-bond donors (Lipinski definition) is 5. The van der Waals surface area contributed by atoms with Gasteiger partial charge in [-0.05, 0) is 0 Å². The maximum atomic E-state index is 12.7. The van der Waals surface area contributed by atoms with Crippen LogP contribution >= 0.6 is 15.9 Å². The third-order valence-electron chi connectivity index (χ3n) is 7.12. The highest BCUT2D eigenvalue weighted by atomic mass is 79.9. The fourth-order valence-corrected chi connectivity index (χ4v) is 4.80. The van der Waals surface area contributed by atoms with E-state index in [2.05, 4.69) is 26.6 Å². The summed E-state index contributed by atoms with van der Waals surface area (Å²) >= 11 is 3.07. The Morgan fingerprint density at radius 1 is 0.440 bits per heavy atom. The molecule has 2 amide bonds. The number of amides is 2. The summed E-state index contributed by atoms with van der Waals surface area (Å²) < 4.78 is 27.2. The number of nitrogens with zero attached hydrogens (tertiary/aromatic N) is 4. The smallest absolute Gasteiger partial charge is 0.317 e. The molecular formula is C30H55BrN6O13. The second kappa shape index (κ2) is 30.1. The first-order valence-electron chi connectivity index (χ1n) is 16.6. The molecule has 0 aromatic heterocycles. The van der Waals surface area contributed by atoms with E-state index in [4.69, 9.17) is 23.7 Å². The third kappa shape index (κ3) is 27.2. The molecule has 0 unspecified atom stereocenters. The van der Waals surface area contributed by atoms with Crippen LogP contribution in [0, 0.1) is 0 Å². The van der Waals surface area contributed by atoms with Crippen LogP contribution in [0.3, 0.4) is 0 Å². The lowest BCUT2D eigenvalue weighted by molar-refractivity contribution is -0.140. The molecule has 290 valence electrons. The van der Waals surface area contributed by atoms with Gasteiger partial charge >= 0.3 is 17.9 Å². The van der Waals surface area contributed by atoms with E-state index < -0.39 is 17.9 Å². The van der Waals surface area contributed by atoms with Gasteiger partial charge in [0, 0.05) is 65.4 Å². The Balaban J connectivity index is 2.24. The molecule has 1 fully saturated rings. The van der Waals surface area contributed by atoms with Crippen molar-refractivity contribution in [2.45, 2.75) is 0 Å². The quantitative estimate of drug-likeness (QED) is 0.0418. The zero-order valence-corrected chi connectivity index (χ0v) is 30.4. The summed E-state index contributed by atoms with van der Waals surface area (Å²) in [7, 11) is 0. The molecule has 1 heterocycles. The fourth-order valence-electron chi connectivity index (χ4n) is 4.60. The van der Waals surface area contributed by atoms with Gasteiger partial charge in [-0.15, -0.1) is 0 Å². The van der Waals surface area contributed by atoms with Crippen molar-refractivity contribution in [3.8, 4) is 0 Å². The molecule has 1 aliphatic rings. The molecule has 0 aromatic rings. The van der Waals surface area contributed by atoms with Crippen molar-refractivity contribution in [2.24, 2.45) is 0 Å². The number of ether oxygens (including phenoxy) is 5. The van der Waals surface area contributed by atoms with Crippen molar-refractivity contribution >= 4 is 45.7 Å². The minimum absolute atomic E-state index is 0.0353. The maximum absolute atomic E-state index is 12.7. The monoisotopic (exact) mass is 786 g/mol. The van der Waals surface area contributed by atoms with Crippen molar-refractivity contribution in [3.63, 3.8) is 0 Å². The molecule has 5 N–H and O–H groups in total. The number of carboxylic acids is 3. The second-order valence-corrected chi connectivity index (χ2v) is 11.7. The Kier molecular flexibility index (Phi) is 27.4. The van der Waals surface area contributed by atoms with Gasteiger partial charge in [0.25, 0.3) is 0 Å². The molecule has 0 bridgehead atoms. The standard InChI is InChI=1S/C30H55BrN6O13/c31-21-26(38)32-1-11-46-13-15-48-17-19-50-20-18-49-16-14-47-12-2-33-27(39)22-34-3-5-35(23-28(40)41)7-9-37(25-30(44)45)10-8-36(6-4-34)24-29(42)43/h1-25H2,(H,32,38)(H,33,39)(H,40,41)(H,42,43)(H,44,45). The van der Waals surface area contributed by atoms with Crippen molar-refractivity contribution in [2.75, 3.05) is 163 Å². The van der Waals surface area contributed by atoms with Crippen LogP contribution in [0.25, 0.3) is 0 Å². The summed E-state index contributed by atoms with van der Waals surface area (Å²) in [4.78, 5) is 64.9. The second-order valence-electron chi connectivity index (χ2n) is 11.2. The number of carbonyl (C=O) groups is 5. The highest BCUT2D eigenvalue weighted by molar-refractivity contribution is 9.09. The minimum atomic E-state index is -1.02. The van der Waals surface area contributed by atoms with E-state index in [0.29, 0.717) is 118 Å². The number of aliphatic carboxylic acids is 3. The normalized spacial score (nSPS) is 15.9. The number of nitrogens with one attached hydrogen (secondary N) is 2. The maximum Gasteiger partial charge on any atom is 0.317 e. The summed E-state index contributed by atoms with van der Waals surface area (Å²) in [6, 6.07) is 0. The van der Waals surface area contributed by atoms with Gasteiger partial charge in [-0.2, -0.15) is 0 Å². The van der Waals surface area contributed by atoms with Gasteiger partial charge in [0.2, 0.25) is 11.8 Å². The average Bonchev–Trinajstić information content (AvgIpc) is 3.06. The molecular weight excluding hydrogens is 732 g/mol. The van der Waals surface area contributed by atoms with Gasteiger partial charge < -0.3 is 49.6 Å². The van der Waals surface area contributed by atoms with E-state index in [-0.39, 0.29) is 56.5 Å². The number of carboxylic acid groups (broad SMARTS) is 3. The van der Waals surface area contributed by atoms with E-state index in [1.807, 2.05) is 4.90 Å². The van der Waals surface area contributed by atoms with E-state index >= 15 is 0 Å². The van der Waals surface area contributed by atoms with E-state index in [1.165, 1.54) is 0 Å². The Morgan fingerprint density at radius 2 is 0.700 bits per heavy atom. The van der Waals surface area contributed by atoms with Crippen LogP contribution in [-0.4, -0.2) is 228 Å². The summed E-state index contributed by atoms with van der Waals surface area (Å²) in [6.07, 6.45) is 0. The molecule has 0 aromatic carbocycles. The summed E-state index contributed by atoms with van der Waals surface area (Å²) in [5.74, 6) is -3.37. The number of carbonyl (C=O) groups excluding carboxylic acids is 2. The molecule has 19 nitrogen and oxygen atoms in total. The SMILES string of the molecule is O=C(O)CN1CCN(CC(=O)O)CCN(CC(=O)NCCOCCOCCOCCOCCOCCNC(=O)CBr)CCN(CC(=O)O)CC1. The molecule has 1 aliphatic heterocycles. The van der Waals surface area contributed by atoms with Crippen molar-refractivity contribution < 1.29 is 63.0 Å². The number of halogens is 1. The molecule has 1 rings (SSSR count). The van der Waals surface area contributed by atoms with Crippen LogP contribution in [0.5, 0.6) is 0 Å². The first kappa shape index (κ1) is 45.5. The number of alkyl halides is 1. The number of rotatable bonds is 27. The molecule has 0 spiro atoms. The lowest BCUT2D eigenvalue weighted by Gasteiger charge is -2.32. The predicted octanol–water partition coefficient (Wildman–Crippen LogP) is -2.83. The van der Waals surface area contributed by atoms with E-state index in [1.54, 1.807) is 14.7 Å². The third-order valence-corrected chi connectivity index (χ3v) is 7.63. The molecule has 0 radical (unpaired) electrons. The van der Waals surface area contributed by atoms with Gasteiger partial charge in [-0.25, -0.2) is 0 Å². The highest BCUT2D eigenvalue weighted by Gasteiger charge is 2.21. The van der Waals surface area contributed by atoms with Gasteiger partial charge in [-0.1, -0.05) is 15.9 Å². The Labute approximate surface area is 301 Å². The zero-order valence-electron chi connectivity index (χ0n) is 28.8. The van der Waals surface area contributed by atoms with Crippen LogP contribution in [0.15, 0.2) is 0 Å². The largest absolute Gasteiger partial charge is 0.480 e. The first-order chi connectivity index (χ1) is 24.1. The van der Waals surface area contributed by atoms with Crippen LogP contribution < -0.4 is 10.6 Å². The van der Waals surface area contributed by atoms with Gasteiger partial charge in [0.15, 0.2) is 0 Å². The molecule has 0 atom stereocenters. The Hall–Kier alpha value is -2.53. The Morgan fingerprint density at radius 3 is 0.980 bits per heavy atom. The zero-order chi connectivity index (χ0) is 36.8. The summed E-state index contributed by atoms with van der Waals surface area (Å²) in [5, 5.41) is 33.7. The van der Waals surface area contributed by atoms with Crippen molar-refractivity contribution in [1.82, 2.24) is 30.2 Å². The lowest BCUT2D eigenvalue weighted by Crippen LogP contribution is -2.50. The van der Waals surface area contributed by atoms with E-state index in [0.717, 1.165) is 0 Å². The van der Waals surface area contributed by atoms with Crippen LogP contribution in [-0.2, 0) is 47.7 Å². The predicted molar refractivity (Wildman–Crippen MR) is 183 cm³/mol. The van der Waals surface area contributed by atoms with Crippen molar-refractivity contribution in [1.29, 1.82) is 0 Å². The topological polar surface area (TPSA) is 229 Å². The molecule has 20 heteroatoms. The van der Waals surface area contributed by atoms with Crippen molar-refractivity contribution in [3.05, 3.63) is 0 Å². The minimum Gasteiger partial charge on any atom is -0.480 e. The lowest BCUT2D eigenvalue weighted by atomic mass is 10.3. The van der Waals surface area contributed by atoms with Gasteiger partial charge in [0.05, 0.1) is 97.6 Å². The van der Waals surface area contributed by atoms with Crippen LogP contribution in [0.2, 0.25) is 0 Å². The van der Waals surface area contributed by atoms with Crippen LogP contribution in [0.1, 0.15) is 0 Å².